The molecule has 8 nitrogen and oxygen atoms in total. The lowest BCUT2D eigenvalue weighted by molar-refractivity contribution is -0.384. The molecule has 2 aromatic heterocycles. The van der Waals surface area contributed by atoms with E-state index in [4.69, 9.17) is 4.74 Å². The Morgan fingerprint density at radius 1 is 1.17 bits per heavy atom. The molecule has 146 valence electrons. The third-order valence-electron chi connectivity index (χ3n) is 4.99. The van der Waals surface area contributed by atoms with Crippen molar-refractivity contribution >= 4 is 44.8 Å². The zero-order valence-electron chi connectivity index (χ0n) is 15.3. The summed E-state index contributed by atoms with van der Waals surface area (Å²) in [5.74, 6) is 0. The largest absolute Gasteiger partial charge is 0.378 e. The summed E-state index contributed by atoms with van der Waals surface area (Å²) >= 11 is 1.28. The van der Waals surface area contributed by atoms with Gasteiger partial charge in [-0.3, -0.25) is 14.9 Å². The van der Waals surface area contributed by atoms with Crippen LogP contribution in [0.4, 0.5) is 11.4 Å². The maximum Gasteiger partial charge on any atom is 0.293 e. The zero-order valence-corrected chi connectivity index (χ0v) is 16.1. The summed E-state index contributed by atoms with van der Waals surface area (Å²) in [6.45, 7) is 2.33. The molecule has 0 aliphatic carbocycles. The summed E-state index contributed by atoms with van der Waals surface area (Å²) in [5.41, 5.74) is 2.58. The predicted octanol–water partition coefficient (Wildman–Crippen LogP) is 2.20. The Bertz CT molecular complexity index is 1350. The average Bonchev–Trinajstić information content (AvgIpc) is 3.25. The van der Waals surface area contributed by atoms with Crippen molar-refractivity contribution in [3.05, 3.63) is 73.0 Å². The molecule has 1 aliphatic rings. The fourth-order valence-electron chi connectivity index (χ4n) is 3.61. The van der Waals surface area contributed by atoms with Crippen LogP contribution in [0.2, 0.25) is 0 Å². The second-order valence-corrected chi connectivity index (χ2v) is 7.75. The molecular weight excluding hydrogens is 392 g/mol. The van der Waals surface area contributed by atoms with Crippen molar-refractivity contribution in [1.82, 2.24) is 9.38 Å². The highest BCUT2D eigenvalue weighted by atomic mass is 32.1. The molecule has 4 aromatic rings. The number of hydrogen-bond acceptors (Lipinski definition) is 7. The monoisotopic (exact) mass is 408 g/mol. The van der Waals surface area contributed by atoms with E-state index in [0.717, 1.165) is 11.0 Å². The van der Waals surface area contributed by atoms with Gasteiger partial charge in [0.25, 0.3) is 11.2 Å². The van der Waals surface area contributed by atoms with Crippen LogP contribution in [0.25, 0.3) is 22.1 Å². The maximum absolute atomic E-state index is 12.9. The summed E-state index contributed by atoms with van der Waals surface area (Å²) in [4.78, 5) is 31.2. The Balaban J connectivity index is 1.61. The molecular formula is C20H16N4O4S. The van der Waals surface area contributed by atoms with E-state index in [1.807, 2.05) is 29.2 Å². The Labute approximate surface area is 168 Å². The Morgan fingerprint density at radius 2 is 1.97 bits per heavy atom. The van der Waals surface area contributed by atoms with Gasteiger partial charge in [-0.2, -0.15) is 0 Å². The van der Waals surface area contributed by atoms with Gasteiger partial charge < -0.3 is 9.64 Å². The topological polar surface area (TPSA) is 90.0 Å². The van der Waals surface area contributed by atoms with Gasteiger partial charge in [-0.25, -0.2) is 9.38 Å². The molecule has 0 spiro atoms. The smallest absolute Gasteiger partial charge is 0.293 e. The molecule has 0 unspecified atom stereocenters. The van der Waals surface area contributed by atoms with Crippen molar-refractivity contribution < 1.29 is 9.66 Å². The van der Waals surface area contributed by atoms with Crippen LogP contribution in [-0.2, 0) is 4.74 Å². The summed E-state index contributed by atoms with van der Waals surface area (Å²) in [6.07, 6.45) is 1.69. The molecule has 1 fully saturated rings. The second kappa shape index (κ2) is 6.94. The van der Waals surface area contributed by atoms with Gasteiger partial charge >= 0.3 is 0 Å². The molecule has 29 heavy (non-hydrogen) atoms. The molecule has 3 heterocycles. The first-order chi connectivity index (χ1) is 14.1. The van der Waals surface area contributed by atoms with Crippen LogP contribution < -0.4 is 15.0 Å². The quantitative estimate of drug-likeness (QED) is 0.381. The zero-order chi connectivity index (χ0) is 20.0. The molecule has 0 radical (unpaired) electrons. The van der Waals surface area contributed by atoms with Gasteiger partial charge in [0.15, 0.2) is 4.96 Å². The van der Waals surface area contributed by atoms with Crippen LogP contribution >= 0.6 is 11.3 Å². The minimum absolute atomic E-state index is 0.0277. The molecule has 0 N–H and O–H groups in total. The van der Waals surface area contributed by atoms with Crippen LogP contribution in [0.5, 0.6) is 0 Å². The molecule has 0 amide bonds. The molecule has 1 aliphatic heterocycles. The van der Waals surface area contributed by atoms with Crippen LogP contribution in [-0.4, -0.2) is 40.6 Å². The van der Waals surface area contributed by atoms with Crippen molar-refractivity contribution in [2.75, 3.05) is 31.2 Å². The van der Waals surface area contributed by atoms with Gasteiger partial charge in [-0.05, 0) is 29.8 Å². The number of nitrogens with zero attached hydrogens (tertiary/aromatic N) is 4. The summed E-state index contributed by atoms with van der Waals surface area (Å²) in [7, 11) is 0. The lowest BCUT2D eigenvalue weighted by atomic mass is 10.1. The van der Waals surface area contributed by atoms with E-state index in [2.05, 4.69) is 4.98 Å². The van der Waals surface area contributed by atoms with Crippen LogP contribution in [0.1, 0.15) is 5.56 Å². The number of nitro groups is 1. The van der Waals surface area contributed by atoms with Gasteiger partial charge in [0.05, 0.1) is 33.7 Å². The molecule has 0 atom stereocenters. The number of hydrogen-bond donors (Lipinski definition) is 0. The third-order valence-corrected chi connectivity index (χ3v) is 5.96. The first kappa shape index (κ1) is 17.8. The van der Waals surface area contributed by atoms with Crippen molar-refractivity contribution in [2.45, 2.75) is 0 Å². The second-order valence-electron chi connectivity index (χ2n) is 6.74. The van der Waals surface area contributed by atoms with Crippen LogP contribution in [0, 0.1) is 10.1 Å². The van der Waals surface area contributed by atoms with Gasteiger partial charge in [-0.15, -0.1) is 0 Å². The normalized spacial score (nSPS) is 15.4. The highest BCUT2D eigenvalue weighted by Crippen LogP contribution is 2.30. The fraction of sp³-hybridized carbons (Fsp3) is 0.200. The number of para-hydroxylation sites is 2. The number of imidazole rings is 1. The molecule has 9 heteroatoms. The summed E-state index contributed by atoms with van der Waals surface area (Å²) in [6, 6.07) is 12.5. The summed E-state index contributed by atoms with van der Waals surface area (Å²) < 4.78 is 7.41. The number of ether oxygens (including phenoxy) is 1. The van der Waals surface area contributed by atoms with E-state index in [0.29, 0.717) is 47.0 Å². The number of morpholine rings is 1. The average molecular weight is 408 g/mol. The first-order valence-corrected chi connectivity index (χ1v) is 9.96. The van der Waals surface area contributed by atoms with E-state index in [1.54, 1.807) is 22.6 Å². The Hall–Kier alpha value is -3.30. The lowest BCUT2D eigenvalue weighted by Crippen LogP contribution is -2.36. The number of anilines is 1. The number of fused-ring (bicyclic) bond motifs is 3. The number of thiazole rings is 1. The summed E-state index contributed by atoms with van der Waals surface area (Å²) in [5, 5.41) is 11.6. The van der Waals surface area contributed by atoms with E-state index in [-0.39, 0.29) is 16.2 Å². The SMILES string of the molecule is O=c1c(=Cc2ccc(N3CCOCC3)c([N+](=O)[O-])c2)sc2nc3ccccc3n12. The Kier molecular flexibility index (Phi) is 4.26. The number of aromatic nitrogens is 2. The minimum atomic E-state index is -0.380. The maximum atomic E-state index is 12.9. The molecule has 0 bridgehead atoms. The van der Waals surface area contributed by atoms with Crippen molar-refractivity contribution in [1.29, 1.82) is 0 Å². The predicted molar refractivity (Wildman–Crippen MR) is 112 cm³/mol. The number of rotatable bonds is 3. The van der Waals surface area contributed by atoms with E-state index in [1.165, 1.54) is 17.4 Å². The molecule has 1 saturated heterocycles. The van der Waals surface area contributed by atoms with Crippen molar-refractivity contribution in [3.8, 4) is 0 Å². The minimum Gasteiger partial charge on any atom is -0.378 e. The highest BCUT2D eigenvalue weighted by Gasteiger charge is 2.21. The number of nitro benzene ring substituents is 1. The number of benzene rings is 2. The van der Waals surface area contributed by atoms with Gasteiger partial charge in [0.1, 0.15) is 5.69 Å². The molecule has 0 saturated carbocycles. The Morgan fingerprint density at radius 3 is 2.76 bits per heavy atom. The van der Waals surface area contributed by atoms with Gasteiger partial charge in [0.2, 0.25) is 0 Å². The first-order valence-electron chi connectivity index (χ1n) is 9.15. The van der Waals surface area contributed by atoms with Gasteiger partial charge in [0, 0.05) is 19.2 Å². The molecule has 5 rings (SSSR count). The third kappa shape index (κ3) is 3.04. The fourth-order valence-corrected chi connectivity index (χ4v) is 4.60. The van der Waals surface area contributed by atoms with Gasteiger partial charge in [-0.1, -0.05) is 29.5 Å². The highest BCUT2D eigenvalue weighted by molar-refractivity contribution is 7.15. The van der Waals surface area contributed by atoms with Crippen LogP contribution in [0.3, 0.4) is 0 Å². The standard InChI is InChI=1S/C20H16N4O4S/c25-19-18(29-20-21-14-3-1-2-4-15(14)23(19)20)12-13-5-6-16(17(11-13)24(26)27)22-7-9-28-10-8-22/h1-6,11-12H,7-10H2. The van der Waals surface area contributed by atoms with Crippen LogP contribution in [0.15, 0.2) is 47.3 Å². The van der Waals surface area contributed by atoms with E-state index >= 15 is 0 Å². The van der Waals surface area contributed by atoms with E-state index < -0.39 is 0 Å². The lowest BCUT2D eigenvalue weighted by Gasteiger charge is -2.28. The molecule has 2 aromatic carbocycles. The van der Waals surface area contributed by atoms with E-state index in [9.17, 15) is 14.9 Å². The van der Waals surface area contributed by atoms with Crippen molar-refractivity contribution in [3.63, 3.8) is 0 Å². The van der Waals surface area contributed by atoms with Crippen molar-refractivity contribution in [2.24, 2.45) is 0 Å².